The Morgan fingerprint density at radius 1 is 1.72 bits per heavy atom. The minimum absolute atomic E-state index is 0.0326. The fourth-order valence-corrected chi connectivity index (χ4v) is 2.39. The summed E-state index contributed by atoms with van der Waals surface area (Å²) in [4.78, 5) is 17.4. The van der Waals surface area contributed by atoms with Crippen molar-refractivity contribution < 1.29 is 9.90 Å². The number of aromatic nitrogens is 1. The zero-order valence-corrected chi connectivity index (χ0v) is 11.0. The average molecular weight is 311 g/mol. The SMILES string of the molecule is N#Cc1c(N)cc(N2CC(CO)CC2=O)nc1Br. The number of nitriles is 1. The summed E-state index contributed by atoms with van der Waals surface area (Å²) in [5, 5.41) is 17.9. The maximum atomic E-state index is 11.8. The number of hydrogen-bond donors (Lipinski definition) is 2. The molecule has 0 radical (unpaired) electrons. The Bertz CT molecular complexity index is 517. The number of halogens is 1. The highest BCUT2D eigenvalue weighted by atomic mass is 79.9. The van der Waals surface area contributed by atoms with Crippen LogP contribution in [0, 0.1) is 17.2 Å². The number of rotatable bonds is 2. The molecule has 2 heterocycles. The van der Waals surface area contributed by atoms with Gasteiger partial charge in [-0.1, -0.05) is 0 Å². The van der Waals surface area contributed by atoms with Crippen LogP contribution >= 0.6 is 15.9 Å². The molecule has 1 aromatic rings. The first kappa shape index (κ1) is 12.8. The first-order chi connectivity index (χ1) is 8.56. The molecule has 7 heteroatoms. The summed E-state index contributed by atoms with van der Waals surface area (Å²) in [6.07, 6.45) is 0.301. The van der Waals surface area contributed by atoms with Crippen molar-refractivity contribution in [2.75, 3.05) is 23.8 Å². The predicted octanol–water partition coefficient (Wildman–Crippen LogP) is 0.643. The summed E-state index contributed by atoms with van der Waals surface area (Å²) in [5.41, 5.74) is 6.26. The van der Waals surface area contributed by atoms with Crippen LogP contribution in [0.4, 0.5) is 11.5 Å². The highest BCUT2D eigenvalue weighted by molar-refractivity contribution is 9.10. The lowest BCUT2D eigenvalue weighted by Crippen LogP contribution is -2.26. The van der Waals surface area contributed by atoms with Gasteiger partial charge in [-0.15, -0.1) is 0 Å². The monoisotopic (exact) mass is 310 g/mol. The van der Waals surface area contributed by atoms with E-state index in [9.17, 15) is 4.79 Å². The Balaban J connectivity index is 2.36. The minimum atomic E-state index is -0.0995. The Morgan fingerprint density at radius 2 is 2.44 bits per heavy atom. The van der Waals surface area contributed by atoms with Crippen LogP contribution in [-0.2, 0) is 4.79 Å². The van der Waals surface area contributed by atoms with Crippen LogP contribution < -0.4 is 10.6 Å². The van der Waals surface area contributed by atoms with Crippen LogP contribution in [0.1, 0.15) is 12.0 Å². The van der Waals surface area contributed by atoms with E-state index in [1.54, 1.807) is 0 Å². The average Bonchev–Trinajstić information content (AvgIpc) is 2.70. The molecule has 6 nitrogen and oxygen atoms in total. The van der Waals surface area contributed by atoms with Gasteiger partial charge in [-0.05, 0) is 15.9 Å². The zero-order valence-electron chi connectivity index (χ0n) is 9.43. The molecule has 1 fully saturated rings. The van der Waals surface area contributed by atoms with Gasteiger partial charge in [0, 0.05) is 31.6 Å². The van der Waals surface area contributed by atoms with Crippen molar-refractivity contribution in [1.29, 1.82) is 5.26 Å². The van der Waals surface area contributed by atoms with Crippen LogP contribution in [0.15, 0.2) is 10.7 Å². The van der Waals surface area contributed by atoms with Crippen LogP contribution in [0.5, 0.6) is 0 Å². The van der Waals surface area contributed by atoms with Crippen molar-refractivity contribution in [3.63, 3.8) is 0 Å². The lowest BCUT2D eigenvalue weighted by Gasteiger charge is -2.16. The Morgan fingerprint density at radius 3 is 2.94 bits per heavy atom. The molecule has 1 atom stereocenters. The van der Waals surface area contributed by atoms with E-state index in [0.29, 0.717) is 23.4 Å². The lowest BCUT2D eigenvalue weighted by atomic mass is 10.1. The molecule has 1 aromatic heterocycles. The van der Waals surface area contributed by atoms with Gasteiger partial charge in [-0.2, -0.15) is 5.26 Å². The number of pyridine rings is 1. The molecule has 1 amide bonds. The molecule has 2 rings (SSSR count). The van der Waals surface area contributed by atoms with E-state index < -0.39 is 0 Å². The number of hydrogen-bond acceptors (Lipinski definition) is 5. The van der Waals surface area contributed by atoms with E-state index in [1.165, 1.54) is 11.0 Å². The molecule has 1 unspecified atom stereocenters. The predicted molar refractivity (Wildman–Crippen MR) is 68.6 cm³/mol. The number of nitrogens with two attached hydrogens (primary N) is 1. The number of carbonyl (C=O) groups excluding carboxylic acids is 1. The van der Waals surface area contributed by atoms with Crippen LogP contribution in [0.3, 0.4) is 0 Å². The van der Waals surface area contributed by atoms with E-state index >= 15 is 0 Å². The molecule has 3 N–H and O–H groups in total. The molecule has 0 bridgehead atoms. The second kappa shape index (κ2) is 4.92. The topological polar surface area (TPSA) is 103 Å². The second-order valence-electron chi connectivity index (χ2n) is 4.10. The number of carbonyl (C=O) groups is 1. The fraction of sp³-hybridized carbons (Fsp3) is 0.364. The van der Waals surface area contributed by atoms with Gasteiger partial charge >= 0.3 is 0 Å². The summed E-state index contributed by atoms with van der Waals surface area (Å²) < 4.78 is 0.320. The fourth-order valence-electron chi connectivity index (χ4n) is 1.89. The van der Waals surface area contributed by atoms with Gasteiger partial charge in [0.05, 0.1) is 5.69 Å². The van der Waals surface area contributed by atoms with Crippen molar-refractivity contribution >= 4 is 33.3 Å². The standard InChI is InChI=1S/C11H11BrN4O2/c12-11-7(3-13)8(14)2-9(15-11)16-4-6(5-17)1-10(16)18/h2,6,17H,1,4-5H2,(H2,14,15). The molecule has 1 saturated heterocycles. The van der Waals surface area contributed by atoms with Crippen molar-refractivity contribution in [3.8, 4) is 6.07 Å². The van der Waals surface area contributed by atoms with Gasteiger partial charge in [0.15, 0.2) is 0 Å². The van der Waals surface area contributed by atoms with Crippen LogP contribution in [0.25, 0.3) is 0 Å². The van der Waals surface area contributed by atoms with Crippen molar-refractivity contribution in [2.24, 2.45) is 5.92 Å². The van der Waals surface area contributed by atoms with Crippen molar-refractivity contribution in [1.82, 2.24) is 4.98 Å². The number of aliphatic hydroxyl groups is 1. The molecule has 18 heavy (non-hydrogen) atoms. The number of aliphatic hydroxyl groups excluding tert-OH is 1. The van der Waals surface area contributed by atoms with E-state index in [-0.39, 0.29) is 29.7 Å². The van der Waals surface area contributed by atoms with Gasteiger partial charge in [0.2, 0.25) is 5.91 Å². The summed E-state index contributed by atoms with van der Waals surface area (Å²) >= 11 is 3.16. The van der Waals surface area contributed by atoms with Gasteiger partial charge in [0.25, 0.3) is 0 Å². The Labute approximate surface area is 112 Å². The number of anilines is 2. The first-order valence-corrected chi connectivity index (χ1v) is 6.13. The second-order valence-corrected chi connectivity index (χ2v) is 4.86. The first-order valence-electron chi connectivity index (χ1n) is 5.34. The van der Waals surface area contributed by atoms with E-state index in [1.807, 2.05) is 6.07 Å². The van der Waals surface area contributed by atoms with E-state index in [2.05, 4.69) is 20.9 Å². The number of nitrogens with zero attached hydrogens (tertiary/aromatic N) is 3. The molecule has 0 aliphatic carbocycles. The summed E-state index contributed by atoms with van der Waals surface area (Å²) in [6.45, 7) is 0.384. The number of amides is 1. The third-order valence-electron chi connectivity index (χ3n) is 2.84. The largest absolute Gasteiger partial charge is 0.397 e. The van der Waals surface area contributed by atoms with E-state index in [0.717, 1.165) is 0 Å². The van der Waals surface area contributed by atoms with Crippen LogP contribution in [0.2, 0.25) is 0 Å². The summed E-state index contributed by atoms with van der Waals surface area (Å²) in [7, 11) is 0. The van der Waals surface area contributed by atoms with E-state index in [4.69, 9.17) is 16.1 Å². The molecular formula is C11H11BrN4O2. The zero-order chi connectivity index (χ0) is 13.3. The summed E-state index contributed by atoms with van der Waals surface area (Å²) in [6, 6.07) is 3.44. The number of nitrogen functional groups attached to an aromatic ring is 1. The lowest BCUT2D eigenvalue weighted by molar-refractivity contribution is -0.117. The maximum Gasteiger partial charge on any atom is 0.228 e. The van der Waals surface area contributed by atoms with Gasteiger partial charge in [-0.25, -0.2) is 4.98 Å². The molecule has 1 aliphatic heterocycles. The van der Waals surface area contributed by atoms with Crippen molar-refractivity contribution in [3.05, 3.63) is 16.2 Å². The minimum Gasteiger partial charge on any atom is -0.397 e. The molecule has 1 aliphatic rings. The van der Waals surface area contributed by atoms with Gasteiger partial charge in [-0.3, -0.25) is 9.69 Å². The van der Waals surface area contributed by atoms with Gasteiger partial charge < -0.3 is 10.8 Å². The summed E-state index contributed by atoms with van der Waals surface area (Å²) in [5.74, 6) is 0.229. The third-order valence-corrected chi connectivity index (χ3v) is 3.42. The highest BCUT2D eigenvalue weighted by Gasteiger charge is 2.31. The van der Waals surface area contributed by atoms with Crippen molar-refractivity contribution in [2.45, 2.75) is 6.42 Å². The highest BCUT2D eigenvalue weighted by Crippen LogP contribution is 2.29. The quantitative estimate of drug-likeness (QED) is 0.780. The third kappa shape index (κ3) is 2.17. The van der Waals surface area contributed by atoms with Crippen LogP contribution in [-0.4, -0.2) is 29.1 Å². The molecule has 0 spiro atoms. The molecule has 0 aromatic carbocycles. The smallest absolute Gasteiger partial charge is 0.228 e. The normalized spacial score (nSPS) is 19.1. The Hall–Kier alpha value is -1.65. The molecular weight excluding hydrogens is 300 g/mol. The van der Waals surface area contributed by atoms with Gasteiger partial charge in [0.1, 0.15) is 22.1 Å². The molecule has 0 saturated carbocycles. The maximum absolute atomic E-state index is 11.8. The Kier molecular flexibility index (Phi) is 3.50. The molecule has 94 valence electrons.